The topological polar surface area (TPSA) is 57.5 Å². The summed E-state index contributed by atoms with van der Waals surface area (Å²) in [5, 5.41) is 10.5. The van der Waals surface area contributed by atoms with Gasteiger partial charge in [0.25, 0.3) is 0 Å². The molecule has 2 heterocycles. The summed E-state index contributed by atoms with van der Waals surface area (Å²) in [4.78, 5) is 0. The lowest BCUT2D eigenvalue weighted by Crippen LogP contribution is -2.40. The monoisotopic (exact) mass is 334 g/mol. The maximum absolute atomic E-state index is 4.28. The third-order valence-electron chi connectivity index (χ3n) is 3.07. The van der Waals surface area contributed by atoms with Crippen LogP contribution in [0, 0.1) is 0 Å². The Labute approximate surface area is 125 Å². The van der Waals surface area contributed by atoms with E-state index in [0.29, 0.717) is 0 Å². The van der Waals surface area contributed by atoms with Crippen LogP contribution in [-0.4, -0.2) is 20.6 Å². The van der Waals surface area contributed by atoms with E-state index in [1.54, 1.807) is 0 Å². The molecule has 1 aromatic carbocycles. The minimum absolute atomic E-state index is 0.719. The number of benzene rings is 1. The smallest absolute Gasteiger partial charge is 0.176 e. The van der Waals surface area contributed by atoms with E-state index >= 15 is 0 Å². The summed E-state index contributed by atoms with van der Waals surface area (Å²) >= 11 is 3.44. The second-order valence-corrected chi connectivity index (χ2v) is 5.37. The summed E-state index contributed by atoms with van der Waals surface area (Å²) in [6.45, 7) is 3.63. The zero-order valence-corrected chi connectivity index (χ0v) is 12.6. The van der Waals surface area contributed by atoms with Crippen molar-refractivity contribution in [1.29, 1.82) is 0 Å². The van der Waals surface area contributed by atoms with Gasteiger partial charge in [0.15, 0.2) is 5.84 Å². The molecule has 1 aromatic heterocycles. The molecule has 0 saturated heterocycles. The number of hydrogen-bond donors (Lipinski definition) is 2. The number of hydrazine groups is 2. The van der Waals surface area contributed by atoms with E-state index in [2.05, 4.69) is 56.3 Å². The van der Waals surface area contributed by atoms with Gasteiger partial charge in [0.1, 0.15) is 0 Å². The first-order valence-corrected chi connectivity index (χ1v) is 7.18. The molecule has 0 fully saturated rings. The molecule has 3 rings (SSSR count). The molecule has 0 saturated carbocycles. The molecule has 20 heavy (non-hydrogen) atoms. The third-order valence-corrected chi connectivity index (χ3v) is 3.60. The fourth-order valence-corrected chi connectivity index (χ4v) is 2.28. The van der Waals surface area contributed by atoms with Gasteiger partial charge in [-0.15, -0.1) is 10.6 Å². The number of amidine groups is 1. The van der Waals surface area contributed by atoms with E-state index in [4.69, 9.17) is 0 Å². The average Bonchev–Trinajstić information content (AvgIpc) is 3.09. The minimum atomic E-state index is 0.719. The molecule has 104 valence electrons. The molecule has 0 amide bonds. The minimum Gasteiger partial charge on any atom is -0.272 e. The Hall–Kier alpha value is -1.86. The first-order chi connectivity index (χ1) is 9.76. The van der Waals surface area contributed by atoms with Crippen molar-refractivity contribution < 1.29 is 0 Å². The Bertz CT molecular complexity index is 618. The van der Waals surface area contributed by atoms with Crippen LogP contribution in [0.1, 0.15) is 18.1 Å². The summed E-state index contributed by atoms with van der Waals surface area (Å²) in [5.41, 5.74) is 8.01. The zero-order chi connectivity index (χ0) is 13.9. The Morgan fingerprint density at radius 1 is 1.25 bits per heavy atom. The molecule has 2 N–H and O–H groups in total. The molecule has 0 atom stereocenters. The molecule has 0 radical (unpaired) electrons. The number of aromatic nitrogens is 2. The predicted molar refractivity (Wildman–Crippen MR) is 80.4 cm³/mol. The molecule has 0 spiro atoms. The third kappa shape index (κ3) is 2.68. The molecule has 6 nitrogen and oxygen atoms in total. The van der Waals surface area contributed by atoms with Crippen molar-refractivity contribution in [3.8, 4) is 0 Å². The number of nitrogens with zero attached hydrogens (tertiary/aromatic N) is 4. The number of hydrogen-bond acceptors (Lipinski definition) is 5. The lowest BCUT2D eigenvalue weighted by Gasteiger charge is -2.18. The van der Waals surface area contributed by atoms with Crippen LogP contribution in [0.3, 0.4) is 0 Å². The van der Waals surface area contributed by atoms with E-state index in [1.807, 2.05) is 34.2 Å². The van der Waals surface area contributed by atoms with E-state index in [1.165, 1.54) is 5.56 Å². The summed E-state index contributed by atoms with van der Waals surface area (Å²) in [6, 6.07) is 8.23. The summed E-state index contributed by atoms with van der Waals surface area (Å²) in [7, 11) is 0. The quantitative estimate of drug-likeness (QED) is 0.895. The number of halogens is 1. The van der Waals surface area contributed by atoms with Gasteiger partial charge in [-0.3, -0.25) is 9.69 Å². The SMILES string of the molecule is CCn1cc(C2=NNNN2Cc2ccc(Br)cc2)cn1. The highest BCUT2D eigenvalue weighted by molar-refractivity contribution is 9.10. The van der Waals surface area contributed by atoms with Crippen molar-refractivity contribution in [2.45, 2.75) is 20.0 Å². The highest BCUT2D eigenvalue weighted by atomic mass is 79.9. The van der Waals surface area contributed by atoms with Gasteiger partial charge in [-0.25, -0.2) is 5.53 Å². The van der Waals surface area contributed by atoms with Crippen molar-refractivity contribution in [3.05, 3.63) is 52.3 Å². The Morgan fingerprint density at radius 2 is 2.05 bits per heavy atom. The van der Waals surface area contributed by atoms with Crippen LogP contribution < -0.4 is 11.1 Å². The van der Waals surface area contributed by atoms with Crippen LogP contribution in [0.5, 0.6) is 0 Å². The number of nitrogens with one attached hydrogen (secondary N) is 2. The number of hydrazone groups is 1. The van der Waals surface area contributed by atoms with Crippen LogP contribution in [0.15, 0.2) is 46.2 Å². The normalized spacial score (nSPS) is 14.3. The maximum Gasteiger partial charge on any atom is 0.176 e. The highest BCUT2D eigenvalue weighted by Gasteiger charge is 2.20. The van der Waals surface area contributed by atoms with Crippen molar-refractivity contribution >= 4 is 21.8 Å². The van der Waals surface area contributed by atoms with Gasteiger partial charge in [0.2, 0.25) is 0 Å². The predicted octanol–water partition coefficient (Wildman–Crippen LogP) is 1.85. The van der Waals surface area contributed by atoms with Gasteiger partial charge in [-0.05, 0) is 24.6 Å². The molecular formula is C13H15BrN6. The molecule has 2 aromatic rings. The van der Waals surface area contributed by atoms with Crippen LogP contribution in [0.4, 0.5) is 0 Å². The molecule has 0 unspecified atom stereocenters. The first kappa shape index (κ1) is 13.1. The number of rotatable bonds is 4. The molecule has 7 heteroatoms. The van der Waals surface area contributed by atoms with E-state index in [-0.39, 0.29) is 0 Å². The largest absolute Gasteiger partial charge is 0.272 e. The van der Waals surface area contributed by atoms with Gasteiger partial charge >= 0.3 is 0 Å². The van der Waals surface area contributed by atoms with Crippen LogP contribution in [0.25, 0.3) is 0 Å². The van der Waals surface area contributed by atoms with Crippen molar-refractivity contribution in [1.82, 2.24) is 25.9 Å². The molecule has 0 bridgehead atoms. The Kier molecular flexibility index (Phi) is 3.70. The fourth-order valence-electron chi connectivity index (χ4n) is 2.01. The van der Waals surface area contributed by atoms with Crippen LogP contribution in [-0.2, 0) is 13.1 Å². The van der Waals surface area contributed by atoms with Crippen molar-refractivity contribution in [2.24, 2.45) is 5.10 Å². The van der Waals surface area contributed by atoms with Gasteiger partial charge in [0, 0.05) is 17.2 Å². The summed E-state index contributed by atoms with van der Waals surface area (Å²) in [6.07, 6.45) is 3.81. The van der Waals surface area contributed by atoms with Crippen LogP contribution in [0.2, 0.25) is 0 Å². The fraction of sp³-hybridized carbons (Fsp3) is 0.231. The average molecular weight is 335 g/mol. The Morgan fingerprint density at radius 3 is 2.75 bits per heavy atom. The van der Waals surface area contributed by atoms with Crippen molar-refractivity contribution in [2.75, 3.05) is 0 Å². The van der Waals surface area contributed by atoms with E-state index in [9.17, 15) is 0 Å². The van der Waals surface area contributed by atoms with Crippen molar-refractivity contribution in [3.63, 3.8) is 0 Å². The zero-order valence-electron chi connectivity index (χ0n) is 11.0. The molecule has 1 aliphatic heterocycles. The van der Waals surface area contributed by atoms with E-state index < -0.39 is 0 Å². The summed E-state index contributed by atoms with van der Waals surface area (Å²) in [5.74, 6) is 0.840. The van der Waals surface area contributed by atoms with Gasteiger partial charge in [0.05, 0.1) is 18.3 Å². The molecule has 0 aliphatic carbocycles. The number of aryl methyl sites for hydroxylation is 1. The molecule has 1 aliphatic rings. The first-order valence-electron chi connectivity index (χ1n) is 6.39. The highest BCUT2D eigenvalue weighted by Crippen LogP contribution is 2.14. The molecular weight excluding hydrogens is 320 g/mol. The second kappa shape index (κ2) is 5.64. The standard InChI is InChI=1S/C13H15BrN6/c1-2-19-9-11(7-15-19)13-16-17-18-20(13)8-10-3-5-12(14)6-4-10/h3-7,9,17-18H,2,8H2,1H3. The lowest BCUT2D eigenvalue weighted by atomic mass is 10.2. The second-order valence-electron chi connectivity index (χ2n) is 4.46. The van der Waals surface area contributed by atoms with E-state index in [0.717, 1.165) is 29.0 Å². The maximum atomic E-state index is 4.28. The summed E-state index contributed by atoms with van der Waals surface area (Å²) < 4.78 is 2.96. The van der Waals surface area contributed by atoms with Gasteiger partial charge in [-0.1, -0.05) is 28.1 Å². The van der Waals surface area contributed by atoms with Gasteiger partial charge in [-0.2, -0.15) is 5.10 Å². The lowest BCUT2D eigenvalue weighted by molar-refractivity contribution is 0.288. The van der Waals surface area contributed by atoms with Gasteiger partial charge < -0.3 is 0 Å². The van der Waals surface area contributed by atoms with Crippen LogP contribution >= 0.6 is 15.9 Å². The Balaban J connectivity index is 1.76.